The predicted molar refractivity (Wildman–Crippen MR) is 38.2 cm³/mol. The summed E-state index contributed by atoms with van der Waals surface area (Å²) >= 11 is 0. The van der Waals surface area contributed by atoms with E-state index in [0.29, 0.717) is 6.54 Å². The van der Waals surface area contributed by atoms with Crippen molar-refractivity contribution in [2.75, 3.05) is 6.54 Å². The van der Waals surface area contributed by atoms with E-state index in [-0.39, 0.29) is 0 Å². The third kappa shape index (κ3) is 110. The van der Waals surface area contributed by atoms with Crippen LogP contribution < -0.4 is 5.43 Å². The van der Waals surface area contributed by atoms with E-state index in [2.05, 4.69) is 17.3 Å². The Hall–Kier alpha value is -0.990. The molecule has 0 aliphatic rings. The highest BCUT2D eigenvalue weighted by Gasteiger charge is 1.84. The molecule has 0 radical (unpaired) electrons. The van der Waals surface area contributed by atoms with Gasteiger partial charge in [0.15, 0.2) is 0 Å². The molecule has 0 aromatic carbocycles. The molecule has 0 saturated heterocycles. The molecule has 0 fully saturated rings. The third-order valence-corrected chi connectivity index (χ3v) is 0.300. The summed E-state index contributed by atoms with van der Waals surface area (Å²) in [4.78, 5) is 9.15. The van der Waals surface area contributed by atoms with Crippen molar-refractivity contribution in [3.8, 4) is 0 Å². The Morgan fingerprint density at radius 1 is 1.55 bits per heavy atom. The van der Waals surface area contributed by atoms with Crippen molar-refractivity contribution >= 4 is 10.4 Å². The molecule has 0 heterocycles. The van der Waals surface area contributed by atoms with E-state index in [4.69, 9.17) is 22.4 Å². The Labute approximate surface area is 63.6 Å². The van der Waals surface area contributed by atoms with Gasteiger partial charge < -0.3 is 0 Å². The molecule has 0 atom stereocenters. The van der Waals surface area contributed by atoms with Gasteiger partial charge in [-0.2, -0.15) is 8.42 Å². The standard InChI is InChI=1S/C3H6N2O.H2O4S/c1-2-3-4-5-6;1-5(2,3)4/h2H,1,3H2,(H,4,6);(H2,1,2,3,4). The van der Waals surface area contributed by atoms with E-state index in [1.165, 1.54) is 0 Å². The maximum Gasteiger partial charge on any atom is 0.394 e. The summed E-state index contributed by atoms with van der Waals surface area (Å²) in [6.45, 7) is 3.78. The molecule has 0 aromatic rings. The zero-order valence-corrected chi connectivity index (χ0v) is 6.28. The largest absolute Gasteiger partial charge is 0.394 e. The highest BCUT2D eigenvalue weighted by molar-refractivity contribution is 7.79. The fraction of sp³-hybridized carbons (Fsp3) is 0.333. The molecular formula is C3H8N2O5S. The van der Waals surface area contributed by atoms with E-state index in [0.717, 1.165) is 0 Å². The van der Waals surface area contributed by atoms with Crippen LogP contribution in [0.2, 0.25) is 0 Å². The lowest BCUT2D eigenvalue weighted by Crippen LogP contribution is -2.00. The lowest BCUT2D eigenvalue weighted by atomic mass is 10.7. The molecule has 0 spiro atoms. The second kappa shape index (κ2) is 7.12. The van der Waals surface area contributed by atoms with Gasteiger partial charge in [0.25, 0.3) is 0 Å². The summed E-state index contributed by atoms with van der Waals surface area (Å²) in [6, 6.07) is 0. The van der Waals surface area contributed by atoms with Gasteiger partial charge in [-0.15, -0.1) is 11.5 Å². The number of nitrogens with zero attached hydrogens (tertiary/aromatic N) is 1. The quantitative estimate of drug-likeness (QED) is 0.184. The molecule has 0 saturated carbocycles. The fourth-order valence-corrected chi connectivity index (χ4v) is 0.102. The van der Waals surface area contributed by atoms with Crippen LogP contribution >= 0.6 is 0 Å². The summed E-state index contributed by atoms with van der Waals surface area (Å²) in [5.74, 6) is 0. The molecule has 0 bridgehead atoms. The van der Waals surface area contributed by atoms with Crippen LogP contribution in [0, 0.1) is 4.91 Å². The first-order valence-electron chi connectivity index (χ1n) is 2.27. The highest BCUT2D eigenvalue weighted by atomic mass is 32.3. The minimum absolute atomic E-state index is 0.448. The number of nitrogens with one attached hydrogen (secondary N) is 1. The van der Waals surface area contributed by atoms with E-state index in [1.54, 1.807) is 6.08 Å². The van der Waals surface area contributed by atoms with Crippen LogP contribution in [0.1, 0.15) is 0 Å². The molecule has 0 aliphatic heterocycles. The summed E-state index contributed by atoms with van der Waals surface area (Å²) in [7, 11) is -4.67. The molecule has 8 heteroatoms. The Morgan fingerprint density at radius 2 is 1.91 bits per heavy atom. The van der Waals surface area contributed by atoms with Gasteiger partial charge in [-0.3, -0.25) is 14.5 Å². The van der Waals surface area contributed by atoms with Crippen molar-refractivity contribution in [3.05, 3.63) is 17.6 Å². The minimum Gasteiger partial charge on any atom is -0.270 e. The molecular weight excluding hydrogens is 176 g/mol. The summed E-state index contributed by atoms with van der Waals surface area (Å²) in [6.07, 6.45) is 1.56. The van der Waals surface area contributed by atoms with Gasteiger partial charge in [-0.05, 0) is 0 Å². The summed E-state index contributed by atoms with van der Waals surface area (Å²) in [5, 5.41) is 2.35. The average molecular weight is 184 g/mol. The van der Waals surface area contributed by atoms with Crippen LogP contribution in [-0.4, -0.2) is 24.1 Å². The molecule has 0 rings (SSSR count). The van der Waals surface area contributed by atoms with Crippen LogP contribution in [0.4, 0.5) is 0 Å². The van der Waals surface area contributed by atoms with Gasteiger partial charge in [0.05, 0.1) is 6.54 Å². The lowest BCUT2D eigenvalue weighted by molar-refractivity contribution is 0.381. The lowest BCUT2D eigenvalue weighted by Gasteiger charge is -1.79. The topological polar surface area (TPSA) is 116 Å². The van der Waals surface area contributed by atoms with Gasteiger partial charge in [0.2, 0.25) is 0 Å². The molecule has 0 aromatic heterocycles. The maximum atomic E-state index is 9.15. The van der Waals surface area contributed by atoms with Crippen molar-refractivity contribution in [1.82, 2.24) is 5.43 Å². The maximum absolute atomic E-state index is 9.15. The van der Waals surface area contributed by atoms with Crippen molar-refractivity contribution in [1.29, 1.82) is 0 Å². The van der Waals surface area contributed by atoms with Crippen molar-refractivity contribution < 1.29 is 17.5 Å². The first-order chi connectivity index (χ1) is 4.91. The second-order valence-electron chi connectivity index (χ2n) is 1.19. The average Bonchev–Trinajstić information content (AvgIpc) is 1.79. The summed E-state index contributed by atoms with van der Waals surface area (Å²) < 4.78 is 31.6. The monoisotopic (exact) mass is 184 g/mol. The Balaban J connectivity index is 0. The SMILES string of the molecule is C=CCNN=O.O=S(=O)(O)O. The third-order valence-electron chi connectivity index (χ3n) is 0.300. The van der Waals surface area contributed by atoms with Crippen molar-refractivity contribution in [2.45, 2.75) is 0 Å². The number of nitroso groups, excluding NO2 is 1. The van der Waals surface area contributed by atoms with Crippen LogP contribution in [0.25, 0.3) is 0 Å². The number of rotatable bonds is 3. The van der Waals surface area contributed by atoms with Gasteiger partial charge in [0.1, 0.15) is 0 Å². The van der Waals surface area contributed by atoms with Crippen LogP contribution in [0.5, 0.6) is 0 Å². The van der Waals surface area contributed by atoms with Crippen LogP contribution in [-0.2, 0) is 10.4 Å². The van der Waals surface area contributed by atoms with Crippen molar-refractivity contribution in [2.24, 2.45) is 5.29 Å². The zero-order chi connectivity index (χ0) is 9.33. The fourth-order valence-electron chi connectivity index (χ4n) is 0.102. The Morgan fingerprint density at radius 3 is 2.00 bits per heavy atom. The smallest absolute Gasteiger partial charge is 0.270 e. The van der Waals surface area contributed by atoms with Crippen molar-refractivity contribution in [3.63, 3.8) is 0 Å². The molecule has 0 unspecified atom stereocenters. The Kier molecular flexibility index (Phi) is 8.20. The number of hydrogen-bond donors (Lipinski definition) is 3. The van der Waals surface area contributed by atoms with Gasteiger partial charge in [-0.1, -0.05) is 6.08 Å². The first kappa shape index (κ1) is 12.7. The highest BCUT2D eigenvalue weighted by Crippen LogP contribution is 1.59. The second-order valence-corrected chi connectivity index (χ2v) is 2.09. The first-order valence-corrected chi connectivity index (χ1v) is 3.67. The predicted octanol–water partition coefficient (Wildman–Crippen LogP) is -0.209. The normalized spacial score (nSPS) is 8.91. The molecule has 0 amide bonds. The molecule has 0 aliphatic carbocycles. The van der Waals surface area contributed by atoms with Gasteiger partial charge in [0, 0.05) is 5.29 Å². The molecule has 3 N–H and O–H groups in total. The minimum atomic E-state index is -4.67. The number of hydrogen-bond acceptors (Lipinski definition) is 4. The van der Waals surface area contributed by atoms with E-state index in [9.17, 15) is 0 Å². The molecule has 66 valence electrons. The van der Waals surface area contributed by atoms with E-state index in [1.807, 2.05) is 0 Å². The Bertz CT molecular complexity index is 182. The zero-order valence-electron chi connectivity index (χ0n) is 5.47. The summed E-state index contributed by atoms with van der Waals surface area (Å²) in [5.41, 5.74) is 2.15. The van der Waals surface area contributed by atoms with Gasteiger partial charge >= 0.3 is 10.4 Å². The van der Waals surface area contributed by atoms with E-state index >= 15 is 0 Å². The van der Waals surface area contributed by atoms with Crippen LogP contribution in [0.15, 0.2) is 17.9 Å². The molecule has 7 nitrogen and oxygen atoms in total. The molecule has 11 heavy (non-hydrogen) atoms. The van der Waals surface area contributed by atoms with E-state index < -0.39 is 10.4 Å². The van der Waals surface area contributed by atoms with Gasteiger partial charge in [-0.25, -0.2) is 0 Å². The van der Waals surface area contributed by atoms with Crippen LogP contribution in [0.3, 0.4) is 0 Å².